The summed E-state index contributed by atoms with van der Waals surface area (Å²) in [5, 5.41) is 11.3. The molecular formula is C6H7ClF2N2O2S. The van der Waals surface area contributed by atoms with Gasteiger partial charge in [0.05, 0.1) is 11.0 Å². The molecule has 8 heteroatoms. The number of alkyl halides is 2. The van der Waals surface area contributed by atoms with Crippen molar-refractivity contribution in [3.63, 3.8) is 0 Å². The van der Waals surface area contributed by atoms with Gasteiger partial charge in [-0.05, 0) is 5.56 Å². The van der Waals surface area contributed by atoms with E-state index >= 15 is 0 Å². The molecule has 1 aromatic rings. The predicted molar refractivity (Wildman–Crippen MR) is 51.2 cm³/mol. The monoisotopic (exact) mass is 244 g/mol. The summed E-state index contributed by atoms with van der Waals surface area (Å²) in [6, 6.07) is -0.369. The van der Waals surface area contributed by atoms with Crippen LogP contribution in [-0.4, -0.2) is 11.3 Å². The number of halogens is 3. The molecule has 0 fully saturated rings. The zero-order valence-corrected chi connectivity index (χ0v) is 8.36. The van der Waals surface area contributed by atoms with E-state index in [-0.39, 0.29) is 23.0 Å². The molecule has 14 heavy (non-hydrogen) atoms. The van der Waals surface area contributed by atoms with Crippen LogP contribution in [0.15, 0.2) is 11.4 Å². The minimum absolute atomic E-state index is 0. The summed E-state index contributed by atoms with van der Waals surface area (Å²) in [4.78, 5) is 9.56. The zero-order chi connectivity index (χ0) is 10.0. The molecule has 0 saturated carbocycles. The second kappa shape index (κ2) is 5.18. The normalized spacial score (nSPS) is 12.3. The lowest BCUT2D eigenvalue weighted by Crippen LogP contribution is -2.17. The average molecular weight is 245 g/mol. The van der Waals surface area contributed by atoms with Crippen molar-refractivity contribution in [1.29, 1.82) is 0 Å². The summed E-state index contributed by atoms with van der Waals surface area (Å²) in [5.41, 5.74) is 5.19. The fourth-order valence-corrected chi connectivity index (χ4v) is 1.53. The van der Waals surface area contributed by atoms with E-state index in [4.69, 9.17) is 5.73 Å². The molecule has 0 aliphatic carbocycles. The fourth-order valence-electron chi connectivity index (χ4n) is 0.755. The predicted octanol–water partition coefficient (Wildman–Crippen LogP) is 2.34. The fraction of sp³-hybridized carbons (Fsp3) is 0.333. The maximum atomic E-state index is 12.0. The third-order valence-electron chi connectivity index (χ3n) is 1.44. The van der Waals surface area contributed by atoms with Crippen molar-refractivity contribution in [2.45, 2.75) is 12.5 Å². The molecular weight excluding hydrogens is 238 g/mol. The van der Waals surface area contributed by atoms with Crippen molar-refractivity contribution < 1.29 is 13.7 Å². The van der Waals surface area contributed by atoms with Gasteiger partial charge >= 0.3 is 5.00 Å². The number of thiophene rings is 1. The molecule has 0 spiro atoms. The maximum absolute atomic E-state index is 12.0. The second-order valence-electron chi connectivity index (χ2n) is 2.34. The Morgan fingerprint density at radius 3 is 2.50 bits per heavy atom. The summed E-state index contributed by atoms with van der Waals surface area (Å²) in [6.07, 6.45) is -2.70. The van der Waals surface area contributed by atoms with Crippen LogP contribution in [-0.2, 0) is 0 Å². The van der Waals surface area contributed by atoms with Gasteiger partial charge in [0.1, 0.15) is 0 Å². The van der Waals surface area contributed by atoms with Crippen LogP contribution in [0.2, 0.25) is 0 Å². The van der Waals surface area contributed by atoms with E-state index in [1.807, 2.05) is 0 Å². The van der Waals surface area contributed by atoms with Crippen molar-refractivity contribution >= 4 is 28.7 Å². The molecule has 80 valence electrons. The number of hydrogen-bond acceptors (Lipinski definition) is 4. The number of rotatable bonds is 3. The lowest BCUT2D eigenvalue weighted by molar-refractivity contribution is -0.380. The van der Waals surface area contributed by atoms with E-state index in [1.54, 1.807) is 0 Å². The molecule has 1 atom stereocenters. The third-order valence-corrected chi connectivity index (χ3v) is 2.34. The SMILES string of the molecule is Cl.N[C@H](c1csc([N+](=O)[O-])c1)C(F)F. The molecule has 0 amide bonds. The lowest BCUT2D eigenvalue weighted by Gasteiger charge is -2.06. The number of nitrogens with zero attached hydrogens (tertiary/aromatic N) is 1. The van der Waals surface area contributed by atoms with Crippen LogP contribution in [0.25, 0.3) is 0 Å². The Labute approximate surface area is 88.3 Å². The van der Waals surface area contributed by atoms with Gasteiger partial charge in [-0.2, -0.15) is 0 Å². The van der Waals surface area contributed by atoms with Gasteiger partial charge in [0, 0.05) is 11.4 Å². The van der Waals surface area contributed by atoms with Gasteiger partial charge < -0.3 is 5.73 Å². The maximum Gasteiger partial charge on any atom is 0.324 e. The molecule has 1 heterocycles. The summed E-state index contributed by atoms with van der Waals surface area (Å²) < 4.78 is 24.1. The highest BCUT2D eigenvalue weighted by molar-refractivity contribution is 7.13. The summed E-state index contributed by atoms with van der Waals surface area (Å²) in [6.45, 7) is 0. The van der Waals surface area contributed by atoms with Crippen LogP contribution >= 0.6 is 23.7 Å². The van der Waals surface area contributed by atoms with Crippen LogP contribution in [0.3, 0.4) is 0 Å². The van der Waals surface area contributed by atoms with Gasteiger partial charge in [-0.15, -0.1) is 12.4 Å². The van der Waals surface area contributed by atoms with Gasteiger partial charge in [0.15, 0.2) is 0 Å². The van der Waals surface area contributed by atoms with E-state index in [1.165, 1.54) is 5.38 Å². The molecule has 0 saturated heterocycles. The first-order valence-electron chi connectivity index (χ1n) is 3.29. The zero-order valence-electron chi connectivity index (χ0n) is 6.72. The number of nitro groups is 1. The van der Waals surface area contributed by atoms with Crippen molar-refractivity contribution in [2.75, 3.05) is 0 Å². The molecule has 0 unspecified atom stereocenters. The molecule has 4 nitrogen and oxygen atoms in total. The van der Waals surface area contributed by atoms with Crippen LogP contribution in [0.1, 0.15) is 11.6 Å². The van der Waals surface area contributed by atoms with Crippen molar-refractivity contribution in [3.05, 3.63) is 27.1 Å². The number of hydrogen-bond donors (Lipinski definition) is 1. The molecule has 0 radical (unpaired) electrons. The molecule has 1 rings (SSSR count). The summed E-state index contributed by atoms with van der Waals surface area (Å²) in [5.74, 6) is 0. The van der Waals surface area contributed by atoms with E-state index < -0.39 is 17.4 Å². The van der Waals surface area contributed by atoms with Gasteiger partial charge in [0.25, 0.3) is 6.43 Å². The minimum Gasteiger partial charge on any atom is -0.319 e. The van der Waals surface area contributed by atoms with Gasteiger partial charge in [-0.3, -0.25) is 10.1 Å². The minimum atomic E-state index is -2.70. The lowest BCUT2D eigenvalue weighted by atomic mass is 10.2. The first-order valence-corrected chi connectivity index (χ1v) is 4.17. The summed E-state index contributed by atoms with van der Waals surface area (Å²) >= 11 is 0.791. The van der Waals surface area contributed by atoms with E-state index in [2.05, 4.69) is 0 Å². The molecule has 0 aliphatic rings. The standard InChI is InChI=1S/C6H6F2N2O2S.ClH/c7-6(8)5(9)3-1-4(10(11)12)13-2-3;/h1-2,5-6H,9H2;1H/t5-;/m1./s1. The molecule has 0 aliphatic heterocycles. The van der Waals surface area contributed by atoms with E-state index in [0.717, 1.165) is 17.4 Å². The second-order valence-corrected chi connectivity index (χ2v) is 3.23. The van der Waals surface area contributed by atoms with E-state index in [9.17, 15) is 18.9 Å². The number of nitrogens with two attached hydrogens (primary N) is 1. The average Bonchev–Trinajstić information content (AvgIpc) is 2.50. The highest BCUT2D eigenvalue weighted by Crippen LogP contribution is 2.28. The molecule has 2 N–H and O–H groups in total. The Hall–Kier alpha value is -0.790. The Morgan fingerprint density at radius 1 is 1.57 bits per heavy atom. The van der Waals surface area contributed by atoms with Gasteiger partial charge in [-0.1, -0.05) is 11.3 Å². The van der Waals surface area contributed by atoms with Crippen molar-refractivity contribution in [3.8, 4) is 0 Å². The van der Waals surface area contributed by atoms with E-state index in [0.29, 0.717) is 0 Å². The van der Waals surface area contributed by atoms with Crippen molar-refractivity contribution in [1.82, 2.24) is 0 Å². The first kappa shape index (κ1) is 13.2. The Kier molecular flexibility index (Phi) is 4.89. The molecule has 1 aromatic heterocycles. The third kappa shape index (κ3) is 2.86. The van der Waals surface area contributed by atoms with Crippen LogP contribution in [0.5, 0.6) is 0 Å². The van der Waals surface area contributed by atoms with Crippen molar-refractivity contribution in [2.24, 2.45) is 5.73 Å². The van der Waals surface area contributed by atoms with Crippen LogP contribution in [0.4, 0.5) is 13.8 Å². The molecule has 0 aromatic carbocycles. The molecule has 0 bridgehead atoms. The van der Waals surface area contributed by atoms with Gasteiger partial charge in [0.2, 0.25) is 0 Å². The topological polar surface area (TPSA) is 69.2 Å². The van der Waals surface area contributed by atoms with Gasteiger partial charge in [-0.25, -0.2) is 8.78 Å². The quantitative estimate of drug-likeness (QED) is 0.655. The Morgan fingerprint density at radius 2 is 2.14 bits per heavy atom. The summed E-state index contributed by atoms with van der Waals surface area (Å²) in [7, 11) is 0. The smallest absolute Gasteiger partial charge is 0.319 e. The van der Waals surface area contributed by atoms with Crippen LogP contribution in [0, 0.1) is 10.1 Å². The highest BCUT2D eigenvalue weighted by Gasteiger charge is 2.21. The van der Waals surface area contributed by atoms with Crippen LogP contribution < -0.4 is 5.73 Å². The Balaban J connectivity index is 0.00000169. The first-order chi connectivity index (χ1) is 6.02. The Bertz CT molecular complexity index is 321. The highest BCUT2D eigenvalue weighted by atomic mass is 35.5. The largest absolute Gasteiger partial charge is 0.324 e.